The minimum absolute atomic E-state index is 0.00323. The van der Waals surface area contributed by atoms with Gasteiger partial charge in [-0.05, 0) is 48.4 Å². The molecule has 1 heterocycles. The monoisotopic (exact) mass is 467 g/mol. The van der Waals surface area contributed by atoms with E-state index >= 15 is 0 Å². The number of halogens is 2. The maximum atomic E-state index is 13.5. The lowest BCUT2D eigenvalue weighted by Gasteiger charge is -2.14. The number of anilines is 1. The number of carbonyl (C=O) groups is 1. The van der Waals surface area contributed by atoms with E-state index in [-0.39, 0.29) is 23.8 Å². The first-order valence-corrected chi connectivity index (χ1v) is 11.2. The summed E-state index contributed by atoms with van der Waals surface area (Å²) in [4.78, 5) is 30.4. The Morgan fingerprint density at radius 1 is 1.12 bits per heavy atom. The van der Waals surface area contributed by atoms with Crippen molar-refractivity contribution in [3.63, 3.8) is 0 Å². The number of aromatic nitrogens is 2. The van der Waals surface area contributed by atoms with Gasteiger partial charge in [-0.3, -0.25) is 14.2 Å². The van der Waals surface area contributed by atoms with E-state index in [1.165, 1.54) is 16.7 Å². The molecule has 1 N–H and O–H groups in total. The van der Waals surface area contributed by atoms with Gasteiger partial charge in [0.1, 0.15) is 5.82 Å². The number of hydrogen-bond acceptors (Lipinski definition) is 4. The molecule has 0 aliphatic carbocycles. The van der Waals surface area contributed by atoms with Crippen molar-refractivity contribution in [3.8, 4) is 0 Å². The highest BCUT2D eigenvalue weighted by atomic mass is 35.5. The molecule has 8 heteroatoms. The zero-order chi connectivity index (χ0) is 22.7. The van der Waals surface area contributed by atoms with Gasteiger partial charge in [0.2, 0.25) is 5.91 Å². The molecule has 0 bridgehead atoms. The van der Waals surface area contributed by atoms with Crippen molar-refractivity contribution in [1.82, 2.24) is 9.55 Å². The molecule has 4 aromatic rings. The van der Waals surface area contributed by atoms with Gasteiger partial charge in [0, 0.05) is 10.7 Å². The van der Waals surface area contributed by atoms with E-state index in [1.54, 1.807) is 43.3 Å². The third kappa shape index (κ3) is 4.84. The molecule has 0 aliphatic rings. The number of rotatable bonds is 6. The van der Waals surface area contributed by atoms with Crippen molar-refractivity contribution in [2.24, 2.45) is 0 Å². The number of carbonyl (C=O) groups excluding carboxylic acids is 1. The van der Waals surface area contributed by atoms with Crippen LogP contribution in [0.15, 0.2) is 76.7 Å². The van der Waals surface area contributed by atoms with Gasteiger partial charge in [0.25, 0.3) is 5.56 Å². The van der Waals surface area contributed by atoms with E-state index in [9.17, 15) is 14.0 Å². The van der Waals surface area contributed by atoms with Gasteiger partial charge >= 0.3 is 0 Å². The molecule has 0 saturated heterocycles. The Kier molecular flexibility index (Phi) is 6.58. The zero-order valence-corrected chi connectivity index (χ0v) is 18.7. The first-order chi connectivity index (χ1) is 15.4. The molecule has 0 unspecified atom stereocenters. The molecule has 1 amide bonds. The number of nitrogens with zero attached hydrogens (tertiary/aromatic N) is 2. The third-order valence-corrected chi connectivity index (χ3v) is 6.26. The van der Waals surface area contributed by atoms with Crippen LogP contribution in [0.3, 0.4) is 0 Å². The van der Waals surface area contributed by atoms with Crippen LogP contribution in [0.2, 0.25) is 5.02 Å². The predicted molar refractivity (Wildman–Crippen MR) is 127 cm³/mol. The molecule has 162 valence electrons. The molecular formula is C24H19ClFN3O2S. The van der Waals surface area contributed by atoms with Crippen molar-refractivity contribution >= 4 is 45.9 Å². The summed E-state index contributed by atoms with van der Waals surface area (Å²) in [7, 11) is 0. The number of benzene rings is 3. The second-order valence-electron chi connectivity index (χ2n) is 7.19. The first-order valence-electron chi connectivity index (χ1n) is 9.84. The Hall–Kier alpha value is -3.16. The van der Waals surface area contributed by atoms with E-state index in [0.717, 1.165) is 22.9 Å². The Balaban J connectivity index is 1.63. The standard InChI is InChI=1S/C24H19ClFN3O2S/c1-15-10-11-17(26)12-21(15)27-22(30)14-32-24-28-20-9-5-3-7-18(20)23(31)29(24)13-16-6-2-4-8-19(16)25/h2-12H,13-14H2,1H3,(H,27,30). The molecule has 0 radical (unpaired) electrons. The normalized spacial score (nSPS) is 11.0. The largest absolute Gasteiger partial charge is 0.325 e. The Labute approximate surface area is 193 Å². The molecule has 32 heavy (non-hydrogen) atoms. The van der Waals surface area contributed by atoms with Crippen molar-refractivity contribution in [3.05, 3.63) is 99.1 Å². The number of hydrogen-bond donors (Lipinski definition) is 1. The second-order valence-corrected chi connectivity index (χ2v) is 8.54. The van der Waals surface area contributed by atoms with Crippen LogP contribution in [0.4, 0.5) is 10.1 Å². The fraction of sp³-hybridized carbons (Fsp3) is 0.125. The Morgan fingerprint density at radius 3 is 2.69 bits per heavy atom. The van der Waals surface area contributed by atoms with Gasteiger partial charge in [0.05, 0.1) is 23.2 Å². The van der Waals surface area contributed by atoms with Gasteiger partial charge in [-0.25, -0.2) is 9.37 Å². The molecule has 1 aromatic heterocycles. The average Bonchev–Trinajstić information content (AvgIpc) is 2.78. The predicted octanol–water partition coefficient (Wildman–Crippen LogP) is 5.28. The molecular weight excluding hydrogens is 449 g/mol. The van der Waals surface area contributed by atoms with E-state index in [4.69, 9.17) is 11.6 Å². The van der Waals surface area contributed by atoms with Crippen molar-refractivity contribution < 1.29 is 9.18 Å². The maximum absolute atomic E-state index is 13.5. The molecule has 0 fully saturated rings. The second kappa shape index (κ2) is 9.54. The van der Waals surface area contributed by atoms with Gasteiger partial charge in [-0.15, -0.1) is 0 Å². The van der Waals surface area contributed by atoms with Crippen molar-refractivity contribution in [1.29, 1.82) is 0 Å². The number of aryl methyl sites for hydroxylation is 1. The van der Waals surface area contributed by atoms with Crippen LogP contribution >= 0.6 is 23.4 Å². The molecule has 3 aromatic carbocycles. The number of nitrogens with one attached hydrogen (secondary N) is 1. The number of thioether (sulfide) groups is 1. The van der Waals surface area contributed by atoms with E-state index < -0.39 is 5.82 Å². The number of amides is 1. The summed E-state index contributed by atoms with van der Waals surface area (Å²) >= 11 is 7.45. The van der Waals surface area contributed by atoms with Gasteiger partial charge < -0.3 is 5.32 Å². The summed E-state index contributed by atoms with van der Waals surface area (Å²) in [5.74, 6) is -0.748. The van der Waals surface area contributed by atoms with Crippen LogP contribution in [0.1, 0.15) is 11.1 Å². The van der Waals surface area contributed by atoms with Crippen LogP contribution in [0, 0.1) is 12.7 Å². The molecule has 0 atom stereocenters. The fourth-order valence-electron chi connectivity index (χ4n) is 3.24. The summed E-state index contributed by atoms with van der Waals surface area (Å²) in [6.45, 7) is 2.01. The summed E-state index contributed by atoms with van der Waals surface area (Å²) in [6.07, 6.45) is 0. The van der Waals surface area contributed by atoms with Crippen molar-refractivity contribution in [2.75, 3.05) is 11.1 Å². The van der Waals surface area contributed by atoms with Gasteiger partial charge in [-0.2, -0.15) is 0 Å². The van der Waals surface area contributed by atoms with Crippen LogP contribution in [-0.2, 0) is 11.3 Å². The lowest BCUT2D eigenvalue weighted by molar-refractivity contribution is -0.113. The minimum Gasteiger partial charge on any atom is -0.325 e. The lowest BCUT2D eigenvalue weighted by atomic mass is 10.2. The van der Waals surface area contributed by atoms with E-state index in [0.29, 0.717) is 26.8 Å². The Bertz CT molecular complexity index is 1370. The summed E-state index contributed by atoms with van der Waals surface area (Å²) in [5, 5.41) is 4.15. The Morgan fingerprint density at radius 2 is 1.88 bits per heavy atom. The average molecular weight is 468 g/mol. The van der Waals surface area contributed by atoms with Crippen LogP contribution < -0.4 is 10.9 Å². The SMILES string of the molecule is Cc1ccc(F)cc1NC(=O)CSc1nc2ccccc2c(=O)n1Cc1ccccc1Cl. The molecule has 0 aliphatic heterocycles. The van der Waals surface area contributed by atoms with Gasteiger partial charge in [0.15, 0.2) is 5.16 Å². The zero-order valence-electron chi connectivity index (χ0n) is 17.1. The highest BCUT2D eigenvalue weighted by Crippen LogP contribution is 2.22. The topological polar surface area (TPSA) is 64.0 Å². The molecule has 0 spiro atoms. The molecule has 0 saturated carbocycles. The third-order valence-electron chi connectivity index (χ3n) is 4.92. The van der Waals surface area contributed by atoms with Gasteiger partial charge in [-0.1, -0.05) is 59.8 Å². The van der Waals surface area contributed by atoms with Crippen LogP contribution in [0.5, 0.6) is 0 Å². The highest BCUT2D eigenvalue weighted by molar-refractivity contribution is 7.99. The maximum Gasteiger partial charge on any atom is 0.262 e. The van der Waals surface area contributed by atoms with Crippen LogP contribution in [-0.4, -0.2) is 21.2 Å². The quantitative estimate of drug-likeness (QED) is 0.309. The van der Waals surface area contributed by atoms with E-state index in [2.05, 4.69) is 10.3 Å². The summed E-state index contributed by atoms with van der Waals surface area (Å²) < 4.78 is 15.0. The van der Waals surface area contributed by atoms with Crippen molar-refractivity contribution in [2.45, 2.75) is 18.6 Å². The fourth-order valence-corrected chi connectivity index (χ4v) is 4.23. The number of fused-ring (bicyclic) bond motifs is 1. The first kappa shape index (κ1) is 22.0. The lowest BCUT2D eigenvalue weighted by Crippen LogP contribution is -2.25. The summed E-state index contributed by atoms with van der Waals surface area (Å²) in [5.41, 5.74) is 2.28. The molecule has 4 rings (SSSR count). The highest BCUT2D eigenvalue weighted by Gasteiger charge is 2.15. The minimum atomic E-state index is -0.427. The smallest absolute Gasteiger partial charge is 0.262 e. The van der Waals surface area contributed by atoms with Crippen LogP contribution in [0.25, 0.3) is 10.9 Å². The number of para-hydroxylation sites is 1. The summed E-state index contributed by atoms with van der Waals surface area (Å²) in [6, 6.07) is 18.6. The molecule has 5 nitrogen and oxygen atoms in total. The van der Waals surface area contributed by atoms with E-state index in [1.807, 2.05) is 18.2 Å².